The third-order valence-electron chi connectivity index (χ3n) is 9.24. The molecule has 0 saturated heterocycles. The number of nitrogens with one attached hydrogen (secondary N) is 6. The summed E-state index contributed by atoms with van der Waals surface area (Å²) in [6.45, 7) is 11.2. The number of aryl methyl sites for hydroxylation is 2. The molecule has 6 amide bonds. The summed E-state index contributed by atoms with van der Waals surface area (Å²) in [5, 5.41) is 34.9. The van der Waals surface area contributed by atoms with Gasteiger partial charge in [0, 0.05) is 24.9 Å². The minimum absolute atomic E-state index is 0.00390. The fourth-order valence-electron chi connectivity index (χ4n) is 6.51. The molecule has 0 aliphatic carbocycles. The van der Waals surface area contributed by atoms with Crippen LogP contribution in [0.5, 0.6) is 0 Å². The lowest BCUT2D eigenvalue weighted by molar-refractivity contribution is -0.143. The van der Waals surface area contributed by atoms with Crippen LogP contribution in [-0.4, -0.2) is 82.0 Å². The lowest BCUT2D eigenvalue weighted by Gasteiger charge is -2.28. The predicted molar refractivity (Wildman–Crippen MR) is 223 cm³/mol. The normalized spacial score (nSPS) is 13.6. The second-order valence-electron chi connectivity index (χ2n) is 15.7. The first-order valence-corrected chi connectivity index (χ1v) is 19.8. The van der Waals surface area contributed by atoms with E-state index in [-0.39, 0.29) is 43.9 Å². The van der Waals surface area contributed by atoms with Gasteiger partial charge in [-0.3, -0.25) is 24.0 Å². The molecule has 0 saturated carbocycles. The molecule has 0 aromatic heterocycles. The summed E-state index contributed by atoms with van der Waals surface area (Å²) in [6, 6.07) is 16.7. The van der Waals surface area contributed by atoms with E-state index in [1.807, 2.05) is 64.1 Å². The molecule has 0 spiro atoms. The molecule has 15 nitrogen and oxygen atoms in total. The minimum atomic E-state index is -1.51. The summed E-state index contributed by atoms with van der Waals surface area (Å²) < 4.78 is 0. The number of amides is 6. The van der Waals surface area contributed by atoms with E-state index in [0.717, 1.165) is 16.7 Å². The molecule has 3 aromatic rings. The number of benzene rings is 3. The van der Waals surface area contributed by atoms with Crippen LogP contribution in [0.25, 0.3) is 0 Å². The molecule has 59 heavy (non-hydrogen) atoms. The van der Waals surface area contributed by atoms with Crippen LogP contribution in [0.2, 0.25) is 0 Å². The second-order valence-corrected chi connectivity index (χ2v) is 15.7. The lowest BCUT2D eigenvalue weighted by Crippen LogP contribution is -2.59. The molecule has 0 aliphatic rings. The van der Waals surface area contributed by atoms with Crippen molar-refractivity contribution in [1.82, 2.24) is 26.6 Å². The Kier molecular flexibility index (Phi) is 18.6. The van der Waals surface area contributed by atoms with Crippen LogP contribution in [0.4, 0.5) is 10.5 Å². The van der Waals surface area contributed by atoms with Gasteiger partial charge in [-0.15, -0.1) is 0 Å². The van der Waals surface area contributed by atoms with Gasteiger partial charge in [0.25, 0.3) is 0 Å². The number of carbonyl (C=O) groups is 7. The van der Waals surface area contributed by atoms with Gasteiger partial charge in [-0.1, -0.05) is 94.4 Å². The van der Waals surface area contributed by atoms with Gasteiger partial charge in [0.1, 0.15) is 30.2 Å². The topological polar surface area (TPSA) is 232 Å². The summed E-state index contributed by atoms with van der Waals surface area (Å²) in [4.78, 5) is 92.0. The quantitative estimate of drug-likeness (QED) is 0.0723. The Morgan fingerprint density at radius 1 is 0.525 bits per heavy atom. The first kappa shape index (κ1) is 47.1. The summed E-state index contributed by atoms with van der Waals surface area (Å²) in [5.74, 6) is -5.75. The second kappa shape index (κ2) is 23.2. The summed E-state index contributed by atoms with van der Waals surface area (Å²) in [5.41, 5.74) is 3.88. The maximum absolute atomic E-state index is 14.2. The van der Waals surface area contributed by atoms with E-state index < -0.39 is 78.2 Å². The average molecular weight is 815 g/mol. The van der Waals surface area contributed by atoms with Gasteiger partial charge in [0.2, 0.25) is 23.6 Å². The Morgan fingerprint density at radius 2 is 0.915 bits per heavy atom. The van der Waals surface area contributed by atoms with Crippen LogP contribution in [0.3, 0.4) is 0 Å². The molecule has 5 atom stereocenters. The van der Waals surface area contributed by atoms with Gasteiger partial charge in [-0.2, -0.15) is 0 Å². The largest absolute Gasteiger partial charge is 0.481 e. The maximum atomic E-state index is 14.2. The molecule has 15 heteroatoms. The van der Waals surface area contributed by atoms with Gasteiger partial charge < -0.3 is 42.1 Å². The highest BCUT2D eigenvalue weighted by Gasteiger charge is 2.33. The van der Waals surface area contributed by atoms with Crippen molar-refractivity contribution in [3.05, 3.63) is 101 Å². The van der Waals surface area contributed by atoms with Crippen molar-refractivity contribution in [3.8, 4) is 0 Å². The van der Waals surface area contributed by atoms with Crippen molar-refractivity contribution >= 4 is 47.3 Å². The van der Waals surface area contributed by atoms with E-state index in [1.54, 1.807) is 56.3 Å². The molecule has 0 bridgehead atoms. The molecule has 0 aliphatic heterocycles. The zero-order valence-corrected chi connectivity index (χ0v) is 34.5. The number of hydrogen-bond acceptors (Lipinski definition) is 7. The number of urea groups is 1. The van der Waals surface area contributed by atoms with Crippen molar-refractivity contribution in [3.63, 3.8) is 0 Å². The third-order valence-corrected chi connectivity index (χ3v) is 9.24. The summed E-state index contributed by atoms with van der Waals surface area (Å²) >= 11 is 0. The molecular formula is C44H58N6O9. The van der Waals surface area contributed by atoms with Crippen molar-refractivity contribution in [2.24, 2.45) is 11.8 Å². The highest BCUT2D eigenvalue weighted by Crippen LogP contribution is 2.15. The van der Waals surface area contributed by atoms with Crippen LogP contribution in [0.15, 0.2) is 78.9 Å². The zero-order chi connectivity index (χ0) is 43.6. The van der Waals surface area contributed by atoms with E-state index in [9.17, 15) is 38.7 Å². The van der Waals surface area contributed by atoms with Gasteiger partial charge in [-0.05, 0) is 79.3 Å². The first-order valence-electron chi connectivity index (χ1n) is 19.8. The molecule has 3 aromatic carbocycles. The van der Waals surface area contributed by atoms with Gasteiger partial charge in [0.05, 0.1) is 0 Å². The Labute approximate surface area is 345 Å². The molecule has 0 unspecified atom stereocenters. The molecule has 318 valence electrons. The van der Waals surface area contributed by atoms with Crippen LogP contribution in [-0.2, 0) is 41.6 Å². The molecule has 8 N–H and O–H groups in total. The zero-order valence-electron chi connectivity index (χ0n) is 34.5. The van der Waals surface area contributed by atoms with Gasteiger partial charge >= 0.3 is 18.0 Å². The average Bonchev–Trinajstić information content (AvgIpc) is 3.15. The van der Waals surface area contributed by atoms with Crippen LogP contribution >= 0.6 is 0 Å². The van der Waals surface area contributed by atoms with Crippen LogP contribution < -0.4 is 31.9 Å². The van der Waals surface area contributed by atoms with Crippen molar-refractivity contribution < 1.29 is 43.8 Å². The smallest absolute Gasteiger partial charge is 0.326 e. The van der Waals surface area contributed by atoms with Gasteiger partial charge in [-0.25, -0.2) is 9.59 Å². The molecule has 3 rings (SSSR count). The van der Waals surface area contributed by atoms with E-state index in [0.29, 0.717) is 11.3 Å². The number of rotatable bonds is 22. The van der Waals surface area contributed by atoms with Crippen LogP contribution in [0, 0.1) is 25.7 Å². The maximum Gasteiger partial charge on any atom is 0.326 e. The molecule has 0 fully saturated rings. The summed E-state index contributed by atoms with van der Waals surface area (Å²) in [6.07, 6.45) is -0.471. The van der Waals surface area contributed by atoms with Crippen molar-refractivity contribution in [2.45, 2.75) is 110 Å². The number of carboxylic acid groups (broad SMARTS) is 2. The Balaban J connectivity index is 1.88. The van der Waals surface area contributed by atoms with E-state index in [2.05, 4.69) is 31.9 Å². The number of carboxylic acids is 2. The number of carbonyl (C=O) groups excluding carboxylic acids is 5. The fraction of sp³-hybridized carbons (Fsp3) is 0.432. The number of hydrogen-bond donors (Lipinski definition) is 8. The fourth-order valence-corrected chi connectivity index (χ4v) is 6.51. The third kappa shape index (κ3) is 17.0. The molecule has 0 radical (unpaired) electrons. The summed E-state index contributed by atoms with van der Waals surface area (Å²) in [7, 11) is 0. The van der Waals surface area contributed by atoms with Crippen molar-refractivity contribution in [1.29, 1.82) is 0 Å². The van der Waals surface area contributed by atoms with E-state index in [1.165, 1.54) is 0 Å². The minimum Gasteiger partial charge on any atom is -0.481 e. The first-order chi connectivity index (χ1) is 27.9. The van der Waals surface area contributed by atoms with Gasteiger partial charge in [0.15, 0.2) is 0 Å². The molecular weight excluding hydrogens is 757 g/mol. The highest BCUT2D eigenvalue weighted by molar-refractivity contribution is 5.97. The number of aliphatic carboxylic acids is 2. The van der Waals surface area contributed by atoms with Crippen LogP contribution in [0.1, 0.15) is 75.6 Å². The Hall–Kier alpha value is -6.25. The monoisotopic (exact) mass is 814 g/mol. The Bertz CT molecular complexity index is 1880. The van der Waals surface area contributed by atoms with E-state index >= 15 is 0 Å². The molecule has 0 heterocycles. The lowest BCUT2D eigenvalue weighted by atomic mass is 9.99. The SMILES string of the molecule is Cc1cc(C)cc(NC(=O)N[C@@H](Cc2ccccc2)C(=O)N[C@H](CC(C)C)C(=O)N[C@@H](Cc2ccccc2)C(=O)N[C@H](CC(C)C)C(=O)N[C@@H](CCC(=O)O)C(=O)O)c1. The Morgan fingerprint density at radius 3 is 1.32 bits per heavy atom. The predicted octanol–water partition coefficient (Wildman–Crippen LogP) is 4.26. The standard InChI is InChI=1S/C44H58N6O9/c1-26(2)19-34(39(53)46-33(43(57)58)17-18-38(51)52)47-41(55)36(24-30-13-9-7-10-14-30)49-40(54)35(20-27(3)4)48-42(56)37(25-31-15-11-8-12-16-31)50-44(59)45-32-22-28(5)21-29(6)23-32/h7-16,21-23,26-27,33-37H,17-20,24-25H2,1-6H3,(H,46,53)(H,47,55)(H,48,56)(H,49,54)(H,51,52)(H,57,58)(H2,45,50,59)/t33-,34+,35+,36-,37-/m0/s1. The van der Waals surface area contributed by atoms with Crippen molar-refractivity contribution in [2.75, 3.05) is 5.32 Å². The number of anilines is 1. The van der Waals surface area contributed by atoms with E-state index in [4.69, 9.17) is 5.11 Å². The highest BCUT2D eigenvalue weighted by atomic mass is 16.4.